The van der Waals surface area contributed by atoms with Crippen LogP contribution in [0.25, 0.3) is 0 Å². The fraction of sp³-hybridized carbons (Fsp3) is 0.875. The van der Waals surface area contributed by atoms with E-state index in [1.807, 2.05) is 0 Å². The Hall–Kier alpha value is -0.770. The minimum Gasteiger partial charge on any atom is -0.465 e. The van der Waals surface area contributed by atoms with E-state index >= 15 is 0 Å². The molecular formula is C8H15NO3. The largest absolute Gasteiger partial charge is 0.465 e. The fourth-order valence-corrected chi connectivity index (χ4v) is 1.66. The molecule has 12 heavy (non-hydrogen) atoms. The van der Waals surface area contributed by atoms with Gasteiger partial charge in [-0.2, -0.15) is 0 Å². The minimum absolute atomic E-state index is 0.165. The van der Waals surface area contributed by atoms with Crippen molar-refractivity contribution < 1.29 is 15.0 Å². The zero-order valence-corrected chi connectivity index (χ0v) is 7.07. The Morgan fingerprint density at radius 3 is 2.92 bits per heavy atom. The third-order valence-corrected chi connectivity index (χ3v) is 2.33. The van der Waals surface area contributed by atoms with Crippen LogP contribution in [-0.2, 0) is 0 Å². The van der Waals surface area contributed by atoms with Crippen molar-refractivity contribution in [2.24, 2.45) is 5.92 Å². The lowest BCUT2D eigenvalue weighted by molar-refractivity contribution is 0.112. The highest BCUT2D eigenvalue weighted by Gasteiger charge is 2.22. The van der Waals surface area contributed by atoms with Gasteiger partial charge in [0.05, 0.1) is 0 Å². The van der Waals surface area contributed by atoms with Crippen LogP contribution in [0.3, 0.4) is 0 Å². The third-order valence-electron chi connectivity index (χ3n) is 2.33. The van der Waals surface area contributed by atoms with E-state index in [-0.39, 0.29) is 6.61 Å². The number of likely N-dealkylation sites (tertiary alicyclic amines) is 1. The van der Waals surface area contributed by atoms with Crippen LogP contribution in [-0.4, -0.2) is 40.9 Å². The molecule has 4 nitrogen and oxygen atoms in total. The van der Waals surface area contributed by atoms with Gasteiger partial charge in [0.2, 0.25) is 0 Å². The van der Waals surface area contributed by atoms with Crippen LogP contribution < -0.4 is 0 Å². The zero-order valence-electron chi connectivity index (χ0n) is 7.07. The first-order valence-electron chi connectivity index (χ1n) is 4.32. The first-order chi connectivity index (χ1) is 5.74. The van der Waals surface area contributed by atoms with E-state index in [4.69, 9.17) is 10.2 Å². The van der Waals surface area contributed by atoms with Crippen LogP contribution in [0.2, 0.25) is 0 Å². The maximum absolute atomic E-state index is 10.6. The van der Waals surface area contributed by atoms with Crippen LogP contribution in [0, 0.1) is 5.92 Å². The van der Waals surface area contributed by atoms with Crippen molar-refractivity contribution in [3.63, 3.8) is 0 Å². The summed E-state index contributed by atoms with van der Waals surface area (Å²) in [5, 5.41) is 17.4. The van der Waals surface area contributed by atoms with Gasteiger partial charge in [-0.25, -0.2) is 4.79 Å². The number of aliphatic hydroxyl groups excluding tert-OH is 1. The van der Waals surface area contributed by atoms with E-state index in [0.717, 1.165) is 19.3 Å². The SMILES string of the molecule is O=C(O)N1CCC[C@H](CCO)C1. The topological polar surface area (TPSA) is 60.8 Å². The Bertz CT molecular complexity index is 158. The van der Waals surface area contributed by atoms with Crippen molar-refractivity contribution in [1.29, 1.82) is 0 Å². The van der Waals surface area contributed by atoms with Crippen LogP contribution >= 0.6 is 0 Å². The Morgan fingerprint density at radius 1 is 1.58 bits per heavy atom. The average Bonchev–Trinajstić information content (AvgIpc) is 2.05. The van der Waals surface area contributed by atoms with Crippen LogP contribution in [0.4, 0.5) is 4.79 Å². The molecule has 1 heterocycles. The second-order valence-corrected chi connectivity index (χ2v) is 3.25. The average molecular weight is 173 g/mol. The van der Waals surface area contributed by atoms with Gasteiger partial charge in [-0.15, -0.1) is 0 Å². The van der Waals surface area contributed by atoms with Gasteiger partial charge >= 0.3 is 6.09 Å². The summed E-state index contributed by atoms with van der Waals surface area (Å²) >= 11 is 0. The van der Waals surface area contributed by atoms with E-state index in [1.165, 1.54) is 4.90 Å². The molecule has 1 rings (SSSR count). The van der Waals surface area contributed by atoms with E-state index in [2.05, 4.69) is 0 Å². The summed E-state index contributed by atoms with van der Waals surface area (Å²) in [5.74, 6) is 0.361. The number of piperidine rings is 1. The molecule has 2 N–H and O–H groups in total. The highest BCUT2D eigenvalue weighted by molar-refractivity contribution is 5.65. The quantitative estimate of drug-likeness (QED) is 0.648. The Balaban J connectivity index is 2.35. The lowest BCUT2D eigenvalue weighted by Gasteiger charge is -2.30. The summed E-state index contributed by atoms with van der Waals surface area (Å²) < 4.78 is 0. The number of nitrogens with zero attached hydrogens (tertiary/aromatic N) is 1. The van der Waals surface area contributed by atoms with Crippen LogP contribution in [0.15, 0.2) is 0 Å². The molecule has 0 aromatic rings. The number of carbonyl (C=O) groups is 1. The molecule has 1 atom stereocenters. The van der Waals surface area contributed by atoms with Gasteiger partial charge in [0.15, 0.2) is 0 Å². The van der Waals surface area contributed by atoms with E-state index in [0.29, 0.717) is 19.0 Å². The van der Waals surface area contributed by atoms with Gasteiger partial charge in [0.1, 0.15) is 0 Å². The molecular weight excluding hydrogens is 158 g/mol. The monoisotopic (exact) mass is 173 g/mol. The highest BCUT2D eigenvalue weighted by Crippen LogP contribution is 2.18. The number of rotatable bonds is 2. The number of amides is 1. The maximum Gasteiger partial charge on any atom is 0.407 e. The van der Waals surface area contributed by atoms with Crippen LogP contribution in [0.1, 0.15) is 19.3 Å². The standard InChI is InChI=1S/C8H15NO3/c10-5-3-7-2-1-4-9(6-7)8(11)12/h7,10H,1-6H2,(H,11,12)/t7-/m1/s1. The smallest absolute Gasteiger partial charge is 0.407 e. The number of hydrogen-bond acceptors (Lipinski definition) is 2. The molecule has 1 saturated heterocycles. The highest BCUT2D eigenvalue weighted by atomic mass is 16.4. The normalized spacial score (nSPS) is 24.1. The number of aliphatic hydroxyl groups is 1. The lowest BCUT2D eigenvalue weighted by Crippen LogP contribution is -2.39. The predicted octanol–water partition coefficient (Wildman–Crippen LogP) is 0.759. The molecule has 0 radical (unpaired) electrons. The molecule has 0 saturated carbocycles. The molecule has 1 fully saturated rings. The van der Waals surface area contributed by atoms with Gasteiger partial charge in [-0.05, 0) is 25.2 Å². The van der Waals surface area contributed by atoms with E-state index < -0.39 is 6.09 Å². The van der Waals surface area contributed by atoms with Gasteiger partial charge in [0.25, 0.3) is 0 Å². The van der Waals surface area contributed by atoms with Gasteiger partial charge in [0, 0.05) is 19.7 Å². The number of carboxylic acid groups (broad SMARTS) is 1. The summed E-state index contributed by atoms with van der Waals surface area (Å²) in [6.07, 6.45) is 1.86. The van der Waals surface area contributed by atoms with Crippen molar-refractivity contribution >= 4 is 6.09 Å². The Morgan fingerprint density at radius 2 is 2.33 bits per heavy atom. The van der Waals surface area contributed by atoms with Crippen molar-refractivity contribution in [3.8, 4) is 0 Å². The number of hydrogen-bond donors (Lipinski definition) is 2. The fourth-order valence-electron chi connectivity index (χ4n) is 1.66. The first-order valence-corrected chi connectivity index (χ1v) is 4.32. The van der Waals surface area contributed by atoms with Crippen LogP contribution in [0.5, 0.6) is 0 Å². The first kappa shape index (κ1) is 9.32. The summed E-state index contributed by atoms with van der Waals surface area (Å²) in [6.45, 7) is 1.41. The van der Waals surface area contributed by atoms with Gasteiger partial charge in [-0.3, -0.25) is 0 Å². The van der Waals surface area contributed by atoms with Crippen molar-refractivity contribution in [3.05, 3.63) is 0 Å². The van der Waals surface area contributed by atoms with E-state index in [1.54, 1.807) is 0 Å². The van der Waals surface area contributed by atoms with E-state index in [9.17, 15) is 4.79 Å². The molecule has 0 spiro atoms. The minimum atomic E-state index is -0.836. The summed E-state index contributed by atoms with van der Waals surface area (Å²) in [7, 11) is 0. The predicted molar refractivity (Wildman–Crippen MR) is 44.0 cm³/mol. The molecule has 4 heteroatoms. The lowest BCUT2D eigenvalue weighted by atomic mass is 9.95. The Kier molecular flexibility index (Phi) is 3.34. The maximum atomic E-state index is 10.6. The summed E-state index contributed by atoms with van der Waals surface area (Å²) in [5.41, 5.74) is 0. The molecule has 0 aromatic heterocycles. The molecule has 0 aliphatic carbocycles. The Labute approximate surface area is 71.8 Å². The van der Waals surface area contributed by atoms with Crippen molar-refractivity contribution in [2.75, 3.05) is 19.7 Å². The molecule has 1 aliphatic heterocycles. The molecule has 0 bridgehead atoms. The van der Waals surface area contributed by atoms with Gasteiger partial charge < -0.3 is 15.1 Å². The molecule has 1 amide bonds. The van der Waals surface area contributed by atoms with Crippen molar-refractivity contribution in [1.82, 2.24) is 4.90 Å². The van der Waals surface area contributed by atoms with Crippen molar-refractivity contribution in [2.45, 2.75) is 19.3 Å². The summed E-state index contributed by atoms with van der Waals surface area (Å²) in [6, 6.07) is 0. The molecule has 0 aromatic carbocycles. The molecule has 0 unspecified atom stereocenters. The molecule has 70 valence electrons. The second kappa shape index (κ2) is 4.30. The zero-order chi connectivity index (χ0) is 8.97. The van der Waals surface area contributed by atoms with Gasteiger partial charge in [-0.1, -0.05) is 0 Å². The third kappa shape index (κ3) is 2.37. The summed E-state index contributed by atoms with van der Waals surface area (Å²) in [4.78, 5) is 12.0. The second-order valence-electron chi connectivity index (χ2n) is 3.25. The molecule has 1 aliphatic rings.